The molecule has 0 aliphatic rings. The molecule has 2 rings (SSSR count). The van der Waals surface area contributed by atoms with Gasteiger partial charge in [0.05, 0.1) is 12.8 Å². The number of nitrogen functional groups attached to an aromatic ring is 1. The van der Waals surface area contributed by atoms with Crippen LogP contribution in [0.25, 0.3) is 0 Å². The van der Waals surface area contributed by atoms with Crippen LogP contribution in [-0.4, -0.2) is 23.1 Å². The number of phenolic OH excluding ortho intramolecular Hbond substituents is 1. The van der Waals surface area contributed by atoms with Crippen LogP contribution >= 0.6 is 0 Å². The first-order valence-electron chi connectivity index (χ1n) is 6.58. The maximum atomic E-state index is 9.52. The Labute approximate surface area is 123 Å². The number of aromatic hydroxyl groups is 1. The molecule has 0 aromatic heterocycles. The number of hydrogen-bond donors (Lipinski definition) is 3. The molecule has 0 aliphatic carbocycles. The number of anilines is 1. The van der Waals surface area contributed by atoms with Crippen LogP contribution in [0.5, 0.6) is 11.5 Å². The number of rotatable bonds is 5. The minimum Gasteiger partial charge on any atom is -0.508 e. The van der Waals surface area contributed by atoms with E-state index in [2.05, 4.69) is 5.16 Å². The van der Waals surface area contributed by atoms with Gasteiger partial charge in [0.15, 0.2) is 0 Å². The highest BCUT2D eigenvalue weighted by Gasteiger charge is 2.03. The molecule has 0 radical (unpaired) electrons. The van der Waals surface area contributed by atoms with E-state index >= 15 is 0 Å². The van der Waals surface area contributed by atoms with Crippen molar-refractivity contribution < 1.29 is 15.1 Å². The average Bonchev–Trinajstić information content (AvgIpc) is 2.40. The van der Waals surface area contributed by atoms with Gasteiger partial charge in [-0.05, 0) is 42.3 Å². The number of ether oxygens (including phenoxy) is 1. The number of nitrogens with two attached hydrogens (primary N) is 1. The Morgan fingerprint density at radius 3 is 2.76 bits per heavy atom. The first-order chi connectivity index (χ1) is 10.1. The predicted octanol–water partition coefficient (Wildman–Crippen LogP) is 2.71. The molecule has 0 heterocycles. The van der Waals surface area contributed by atoms with E-state index in [1.165, 1.54) is 6.21 Å². The zero-order valence-corrected chi connectivity index (χ0v) is 11.8. The summed E-state index contributed by atoms with van der Waals surface area (Å²) < 4.78 is 5.64. The van der Waals surface area contributed by atoms with Crippen molar-refractivity contribution in [1.82, 2.24) is 0 Å². The molecule has 0 amide bonds. The standard InChI is InChI=1S/C16H18N2O3/c1-11-6-15(19)9-16(7-11)21-5-4-12-2-3-14(17)8-13(12)10-18-20/h2-3,6-10,19-20H,4-5,17H2,1H3. The number of phenols is 1. The number of oxime groups is 1. The Hall–Kier alpha value is -2.69. The van der Waals surface area contributed by atoms with E-state index in [9.17, 15) is 5.11 Å². The van der Waals surface area contributed by atoms with E-state index in [1.54, 1.807) is 24.3 Å². The van der Waals surface area contributed by atoms with Crippen LogP contribution in [-0.2, 0) is 6.42 Å². The summed E-state index contributed by atoms with van der Waals surface area (Å²) in [5.74, 6) is 0.811. The van der Waals surface area contributed by atoms with Gasteiger partial charge in [0.1, 0.15) is 11.5 Å². The van der Waals surface area contributed by atoms with Gasteiger partial charge in [-0.1, -0.05) is 11.2 Å². The summed E-state index contributed by atoms with van der Waals surface area (Å²) in [6.07, 6.45) is 1.99. The summed E-state index contributed by atoms with van der Waals surface area (Å²) >= 11 is 0. The van der Waals surface area contributed by atoms with Crippen molar-refractivity contribution in [2.24, 2.45) is 5.16 Å². The molecule has 21 heavy (non-hydrogen) atoms. The second-order valence-corrected chi connectivity index (χ2v) is 4.81. The summed E-state index contributed by atoms with van der Waals surface area (Å²) in [7, 11) is 0. The lowest BCUT2D eigenvalue weighted by atomic mass is 10.0. The molecule has 0 fully saturated rings. The molecule has 0 saturated carbocycles. The number of aryl methyl sites for hydroxylation is 1. The van der Waals surface area contributed by atoms with Crippen LogP contribution in [0.1, 0.15) is 16.7 Å². The highest BCUT2D eigenvalue weighted by Crippen LogP contribution is 2.21. The largest absolute Gasteiger partial charge is 0.508 e. The van der Waals surface area contributed by atoms with Crippen molar-refractivity contribution in [3.8, 4) is 11.5 Å². The Bertz CT molecular complexity index is 634. The van der Waals surface area contributed by atoms with Gasteiger partial charge >= 0.3 is 0 Å². The highest BCUT2D eigenvalue weighted by atomic mass is 16.5. The monoisotopic (exact) mass is 286 g/mol. The second-order valence-electron chi connectivity index (χ2n) is 4.81. The molecule has 0 spiro atoms. The quantitative estimate of drug-likeness (QED) is 0.341. The predicted molar refractivity (Wildman–Crippen MR) is 82.3 cm³/mol. The summed E-state index contributed by atoms with van der Waals surface area (Å²) in [5, 5.41) is 21.2. The van der Waals surface area contributed by atoms with E-state index in [0.717, 1.165) is 16.7 Å². The fourth-order valence-corrected chi connectivity index (χ4v) is 2.11. The van der Waals surface area contributed by atoms with Crippen LogP contribution in [0, 0.1) is 6.92 Å². The van der Waals surface area contributed by atoms with E-state index in [0.29, 0.717) is 24.5 Å². The SMILES string of the molecule is Cc1cc(O)cc(OCCc2ccc(N)cc2C=NO)c1. The Morgan fingerprint density at radius 2 is 2.05 bits per heavy atom. The molecular formula is C16H18N2O3. The molecule has 0 atom stereocenters. The second kappa shape index (κ2) is 6.65. The molecule has 0 saturated heterocycles. The zero-order chi connectivity index (χ0) is 15.2. The molecule has 110 valence electrons. The van der Waals surface area contributed by atoms with Gasteiger partial charge in [0, 0.05) is 23.7 Å². The third-order valence-corrected chi connectivity index (χ3v) is 3.04. The maximum Gasteiger partial charge on any atom is 0.123 e. The number of benzene rings is 2. The molecule has 2 aromatic carbocycles. The van der Waals surface area contributed by atoms with Gasteiger partial charge in [-0.15, -0.1) is 0 Å². The fraction of sp³-hybridized carbons (Fsp3) is 0.188. The summed E-state index contributed by atoms with van der Waals surface area (Å²) in [5.41, 5.74) is 8.98. The van der Waals surface area contributed by atoms with E-state index in [1.807, 2.05) is 19.1 Å². The van der Waals surface area contributed by atoms with E-state index in [-0.39, 0.29) is 5.75 Å². The topological polar surface area (TPSA) is 88.1 Å². The minimum atomic E-state index is 0.186. The molecule has 2 aromatic rings. The minimum absolute atomic E-state index is 0.186. The molecule has 5 nitrogen and oxygen atoms in total. The molecule has 0 bridgehead atoms. The van der Waals surface area contributed by atoms with Gasteiger partial charge in [-0.3, -0.25) is 0 Å². The van der Waals surface area contributed by atoms with Crippen molar-refractivity contribution in [3.63, 3.8) is 0 Å². The first-order valence-corrected chi connectivity index (χ1v) is 6.58. The van der Waals surface area contributed by atoms with Crippen LogP contribution in [0.15, 0.2) is 41.6 Å². The number of nitrogens with zero attached hydrogens (tertiary/aromatic N) is 1. The summed E-state index contributed by atoms with van der Waals surface area (Å²) in [4.78, 5) is 0. The van der Waals surface area contributed by atoms with Crippen LogP contribution in [0.3, 0.4) is 0 Å². The van der Waals surface area contributed by atoms with Crippen molar-refractivity contribution in [3.05, 3.63) is 53.1 Å². The summed E-state index contributed by atoms with van der Waals surface area (Å²) in [6, 6.07) is 10.5. The Kier molecular flexibility index (Phi) is 4.66. The Morgan fingerprint density at radius 1 is 1.24 bits per heavy atom. The van der Waals surface area contributed by atoms with Gasteiger partial charge in [-0.2, -0.15) is 0 Å². The first kappa shape index (κ1) is 14.7. The van der Waals surface area contributed by atoms with Crippen molar-refractivity contribution in [2.75, 3.05) is 12.3 Å². The van der Waals surface area contributed by atoms with E-state index in [4.69, 9.17) is 15.7 Å². The maximum absolute atomic E-state index is 9.52. The molecule has 0 aliphatic heterocycles. The lowest BCUT2D eigenvalue weighted by molar-refractivity contribution is 0.318. The van der Waals surface area contributed by atoms with Gasteiger partial charge < -0.3 is 20.8 Å². The van der Waals surface area contributed by atoms with Crippen LogP contribution in [0.4, 0.5) is 5.69 Å². The molecule has 0 unspecified atom stereocenters. The lowest BCUT2D eigenvalue weighted by Crippen LogP contribution is -2.04. The smallest absolute Gasteiger partial charge is 0.123 e. The van der Waals surface area contributed by atoms with Crippen molar-refractivity contribution in [1.29, 1.82) is 0 Å². The fourth-order valence-electron chi connectivity index (χ4n) is 2.11. The third-order valence-electron chi connectivity index (χ3n) is 3.04. The van der Waals surface area contributed by atoms with Gasteiger partial charge in [-0.25, -0.2) is 0 Å². The van der Waals surface area contributed by atoms with Crippen LogP contribution in [0.2, 0.25) is 0 Å². The summed E-state index contributed by atoms with van der Waals surface area (Å²) in [6.45, 7) is 2.33. The Balaban J connectivity index is 2.03. The zero-order valence-electron chi connectivity index (χ0n) is 11.8. The third kappa shape index (κ3) is 4.14. The average molecular weight is 286 g/mol. The van der Waals surface area contributed by atoms with E-state index < -0.39 is 0 Å². The molecular weight excluding hydrogens is 268 g/mol. The van der Waals surface area contributed by atoms with Crippen molar-refractivity contribution in [2.45, 2.75) is 13.3 Å². The lowest BCUT2D eigenvalue weighted by Gasteiger charge is -2.10. The highest BCUT2D eigenvalue weighted by molar-refractivity contribution is 5.82. The van der Waals surface area contributed by atoms with Gasteiger partial charge in [0.2, 0.25) is 0 Å². The van der Waals surface area contributed by atoms with Gasteiger partial charge in [0.25, 0.3) is 0 Å². The molecule has 4 N–H and O–H groups in total. The van der Waals surface area contributed by atoms with Crippen LogP contribution < -0.4 is 10.5 Å². The normalized spacial score (nSPS) is 10.9. The molecule has 5 heteroatoms. The van der Waals surface area contributed by atoms with Crippen molar-refractivity contribution >= 4 is 11.9 Å². The number of hydrogen-bond acceptors (Lipinski definition) is 5.